The molecule has 1 amide bonds. The summed E-state index contributed by atoms with van der Waals surface area (Å²) in [5.74, 6) is -0.116. The summed E-state index contributed by atoms with van der Waals surface area (Å²) < 4.78 is 2.34. The van der Waals surface area contributed by atoms with Gasteiger partial charge in [-0.15, -0.1) is 0 Å². The standard InChI is InChI=1S/C23H33N3O3.ClH/c1-17(15-23(28)29)25-22(27)9-8-19-16-26(21-7-3-2-6-20(19)21)14-4-5-18-10-12-24-13-11-18;/h2-3,6-7,16-18,24H,4-5,8-15H2,1H3,(H,25,27)(H,28,29);1H. The van der Waals surface area contributed by atoms with E-state index in [0.29, 0.717) is 12.8 Å². The van der Waals surface area contributed by atoms with Crippen LogP contribution in [0.5, 0.6) is 0 Å². The van der Waals surface area contributed by atoms with Crippen LogP contribution in [0.2, 0.25) is 0 Å². The number of aliphatic carboxylic acids is 1. The fourth-order valence-electron chi connectivity index (χ4n) is 4.45. The SMILES string of the molecule is CC(CC(=O)O)NC(=O)CCc1cn(CCCC2CC[NH2+]CC2)c2ccccc12.[Cl-]. The molecule has 1 aliphatic rings. The summed E-state index contributed by atoms with van der Waals surface area (Å²) in [5, 5.41) is 15.2. The third-order valence-corrected chi connectivity index (χ3v) is 5.95. The number of fused-ring (bicyclic) bond motifs is 1. The molecule has 1 aromatic carbocycles. The van der Waals surface area contributed by atoms with Crippen LogP contribution in [0.1, 0.15) is 51.0 Å². The number of nitrogens with zero attached hydrogens (tertiary/aromatic N) is 1. The van der Waals surface area contributed by atoms with Crippen LogP contribution in [0.3, 0.4) is 0 Å². The van der Waals surface area contributed by atoms with Gasteiger partial charge >= 0.3 is 5.97 Å². The molecule has 0 spiro atoms. The second-order valence-corrected chi connectivity index (χ2v) is 8.38. The maximum Gasteiger partial charge on any atom is 0.305 e. The maximum atomic E-state index is 12.2. The molecule has 0 saturated carbocycles. The number of hydrogen-bond donors (Lipinski definition) is 3. The first kappa shape index (κ1) is 24.2. The number of amides is 1. The normalized spacial score (nSPS) is 15.5. The number of quaternary nitrogens is 1. The largest absolute Gasteiger partial charge is 1.00 e. The van der Waals surface area contributed by atoms with E-state index in [1.165, 1.54) is 55.2 Å². The summed E-state index contributed by atoms with van der Waals surface area (Å²) in [5.41, 5.74) is 2.42. The Morgan fingerprint density at radius 3 is 2.73 bits per heavy atom. The summed E-state index contributed by atoms with van der Waals surface area (Å²) in [6.45, 7) is 5.29. The summed E-state index contributed by atoms with van der Waals surface area (Å²) in [7, 11) is 0. The van der Waals surface area contributed by atoms with Crippen molar-refractivity contribution in [2.45, 2.75) is 64.5 Å². The van der Waals surface area contributed by atoms with E-state index in [2.05, 4.69) is 39.6 Å². The molecule has 0 aliphatic carbocycles. The van der Waals surface area contributed by atoms with Crippen molar-refractivity contribution in [3.8, 4) is 0 Å². The van der Waals surface area contributed by atoms with Crippen molar-refractivity contribution >= 4 is 22.8 Å². The number of rotatable bonds is 10. The van der Waals surface area contributed by atoms with E-state index in [1.807, 2.05) is 6.07 Å². The molecule has 2 heterocycles. The second-order valence-electron chi connectivity index (χ2n) is 8.38. The Hall–Kier alpha value is -2.05. The van der Waals surface area contributed by atoms with Crippen molar-refractivity contribution < 1.29 is 32.4 Å². The predicted octanol–water partition coefficient (Wildman–Crippen LogP) is -0.689. The summed E-state index contributed by atoms with van der Waals surface area (Å²) in [4.78, 5) is 22.9. The van der Waals surface area contributed by atoms with E-state index < -0.39 is 5.97 Å². The molecule has 0 radical (unpaired) electrons. The van der Waals surface area contributed by atoms with Crippen LogP contribution >= 0.6 is 0 Å². The molecule has 4 N–H and O–H groups in total. The molecule has 1 fully saturated rings. The monoisotopic (exact) mass is 435 g/mol. The molecule has 1 aromatic heterocycles. The van der Waals surface area contributed by atoms with Crippen molar-refractivity contribution in [3.05, 3.63) is 36.0 Å². The van der Waals surface area contributed by atoms with E-state index in [9.17, 15) is 9.59 Å². The minimum absolute atomic E-state index is 0. The zero-order chi connectivity index (χ0) is 20.6. The molecule has 1 atom stereocenters. The number of aryl methyl sites for hydroxylation is 2. The smallest absolute Gasteiger partial charge is 0.305 e. The molecule has 166 valence electrons. The zero-order valence-electron chi connectivity index (χ0n) is 17.8. The van der Waals surface area contributed by atoms with E-state index in [1.54, 1.807) is 6.92 Å². The van der Waals surface area contributed by atoms with Crippen LogP contribution in [0.25, 0.3) is 10.9 Å². The van der Waals surface area contributed by atoms with Gasteiger partial charge in [-0.3, -0.25) is 9.59 Å². The molecule has 3 rings (SSSR count). The number of benzene rings is 1. The Balaban J connectivity index is 0.00000320. The number of aromatic nitrogens is 1. The van der Waals surface area contributed by atoms with Crippen LogP contribution in [-0.4, -0.2) is 40.7 Å². The van der Waals surface area contributed by atoms with E-state index in [-0.39, 0.29) is 30.8 Å². The van der Waals surface area contributed by atoms with Crippen LogP contribution in [-0.2, 0) is 22.6 Å². The predicted molar refractivity (Wildman–Crippen MR) is 114 cm³/mol. The lowest BCUT2D eigenvalue weighted by molar-refractivity contribution is -0.664. The van der Waals surface area contributed by atoms with Crippen molar-refractivity contribution in [1.29, 1.82) is 0 Å². The Bertz CT molecular complexity index is 830. The lowest BCUT2D eigenvalue weighted by atomic mass is 9.93. The fraction of sp³-hybridized carbons (Fsp3) is 0.565. The van der Waals surface area contributed by atoms with Crippen LogP contribution < -0.4 is 23.0 Å². The third-order valence-electron chi connectivity index (χ3n) is 5.95. The lowest BCUT2D eigenvalue weighted by Gasteiger charge is -2.20. The second kappa shape index (κ2) is 12.0. The van der Waals surface area contributed by atoms with Gasteiger partial charge in [-0.25, -0.2) is 0 Å². The molecular weight excluding hydrogens is 402 g/mol. The number of para-hydroxylation sites is 1. The number of carbonyl (C=O) groups is 2. The van der Waals surface area contributed by atoms with Gasteiger partial charge in [0, 0.05) is 36.1 Å². The molecule has 1 aliphatic heterocycles. The molecule has 1 unspecified atom stereocenters. The van der Waals surface area contributed by atoms with Gasteiger partial charge in [0.25, 0.3) is 0 Å². The van der Waals surface area contributed by atoms with Gasteiger partial charge in [-0.2, -0.15) is 0 Å². The molecule has 7 heteroatoms. The Morgan fingerprint density at radius 2 is 2.00 bits per heavy atom. The van der Waals surface area contributed by atoms with Crippen LogP contribution in [0.15, 0.2) is 30.5 Å². The topological polar surface area (TPSA) is 87.9 Å². The molecule has 1 saturated heterocycles. The van der Waals surface area contributed by atoms with Crippen molar-refractivity contribution in [2.75, 3.05) is 13.1 Å². The first-order chi connectivity index (χ1) is 14.0. The molecule has 30 heavy (non-hydrogen) atoms. The maximum absolute atomic E-state index is 12.2. The van der Waals surface area contributed by atoms with E-state index >= 15 is 0 Å². The Labute approximate surface area is 184 Å². The number of nitrogens with one attached hydrogen (secondary N) is 1. The highest BCUT2D eigenvalue weighted by molar-refractivity contribution is 5.85. The summed E-state index contributed by atoms with van der Waals surface area (Å²) in [6.07, 6.45) is 8.35. The highest BCUT2D eigenvalue weighted by Crippen LogP contribution is 2.24. The van der Waals surface area contributed by atoms with Gasteiger partial charge < -0.3 is 32.7 Å². The summed E-state index contributed by atoms with van der Waals surface area (Å²) in [6, 6.07) is 8.05. The van der Waals surface area contributed by atoms with Gasteiger partial charge in [0.05, 0.1) is 19.5 Å². The number of hydrogen-bond acceptors (Lipinski definition) is 2. The van der Waals surface area contributed by atoms with Crippen molar-refractivity contribution in [1.82, 2.24) is 9.88 Å². The van der Waals surface area contributed by atoms with Crippen LogP contribution in [0, 0.1) is 5.92 Å². The van der Waals surface area contributed by atoms with Gasteiger partial charge in [-0.1, -0.05) is 18.2 Å². The van der Waals surface area contributed by atoms with Gasteiger partial charge in [0.2, 0.25) is 5.91 Å². The van der Waals surface area contributed by atoms with E-state index in [4.69, 9.17) is 5.11 Å². The number of halogens is 1. The average Bonchev–Trinajstić information content (AvgIpc) is 3.04. The highest BCUT2D eigenvalue weighted by Gasteiger charge is 2.16. The van der Waals surface area contributed by atoms with Crippen LogP contribution in [0.4, 0.5) is 0 Å². The lowest BCUT2D eigenvalue weighted by Crippen LogP contribution is -3.00. The number of piperidine rings is 1. The number of nitrogens with two attached hydrogens (primary N) is 1. The Morgan fingerprint density at radius 1 is 1.27 bits per heavy atom. The molecule has 0 bridgehead atoms. The quantitative estimate of drug-likeness (QED) is 0.461. The minimum Gasteiger partial charge on any atom is -1.00 e. The fourth-order valence-corrected chi connectivity index (χ4v) is 4.45. The van der Waals surface area contributed by atoms with Crippen molar-refractivity contribution in [2.24, 2.45) is 5.92 Å². The number of carboxylic acid groups (broad SMARTS) is 1. The molecular formula is C23H34ClN3O3. The minimum atomic E-state index is -0.896. The van der Waals surface area contributed by atoms with Gasteiger partial charge in [-0.05, 0) is 56.6 Å². The summed E-state index contributed by atoms with van der Waals surface area (Å²) >= 11 is 0. The Kier molecular flexibility index (Phi) is 9.66. The number of carbonyl (C=O) groups excluding carboxylic acids is 1. The highest BCUT2D eigenvalue weighted by atomic mass is 35.5. The average molecular weight is 436 g/mol. The number of carboxylic acids is 1. The van der Waals surface area contributed by atoms with Crippen molar-refractivity contribution in [3.63, 3.8) is 0 Å². The van der Waals surface area contributed by atoms with Gasteiger partial charge in [0.15, 0.2) is 0 Å². The molecule has 6 nitrogen and oxygen atoms in total. The van der Waals surface area contributed by atoms with Gasteiger partial charge in [0.1, 0.15) is 0 Å². The zero-order valence-corrected chi connectivity index (χ0v) is 18.5. The third kappa shape index (κ3) is 7.03. The van der Waals surface area contributed by atoms with E-state index in [0.717, 1.165) is 12.5 Å². The first-order valence-corrected chi connectivity index (χ1v) is 10.9. The first-order valence-electron chi connectivity index (χ1n) is 10.9. The molecule has 2 aromatic rings.